The third-order valence-corrected chi connectivity index (χ3v) is 3.63. The predicted octanol–water partition coefficient (Wildman–Crippen LogP) is 3.34. The maximum atomic E-state index is 13.0. The fraction of sp³-hybridized carbons (Fsp3) is 0.526. The van der Waals surface area contributed by atoms with E-state index in [1.165, 1.54) is 19.1 Å². The summed E-state index contributed by atoms with van der Waals surface area (Å²) in [6.07, 6.45) is -5.90. The van der Waals surface area contributed by atoms with E-state index < -0.39 is 53.8 Å². The van der Waals surface area contributed by atoms with Gasteiger partial charge in [0.2, 0.25) is 5.91 Å². The number of ether oxygens (including phenoxy) is 2. The van der Waals surface area contributed by atoms with Crippen molar-refractivity contribution in [2.45, 2.75) is 58.0 Å². The van der Waals surface area contributed by atoms with Crippen LogP contribution in [0.15, 0.2) is 24.3 Å². The third-order valence-electron chi connectivity index (χ3n) is 3.63. The second-order valence-corrected chi connectivity index (χ2v) is 7.34. The normalized spacial score (nSPS) is 13.8. The summed E-state index contributed by atoms with van der Waals surface area (Å²) in [6.45, 7) is 6.26. The van der Waals surface area contributed by atoms with Gasteiger partial charge in [0.15, 0.2) is 0 Å². The van der Waals surface area contributed by atoms with E-state index in [-0.39, 0.29) is 5.56 Å². The summed E-state index contributed by atoms with van der Waals surface area (Å²) in [5, 5.41) is 4.78. The summed E-state index contributed by atoms with van der Waals surface area (Å²) < 4.78 is 48.7. The summed E-state index contributed by atoms with van der Waals surface area (Å²) in [5.74, 6) is -1.35. The van der Waals surface area contributed by atoms with Gasteiger partial charge in [-0.3, -0.25) is 4.79 Å². The fourth-order valence-electron chi connectivity index (χ4n) is 2.36. The molecule has 1 aromatic carbocycles. The Morgan fingerprint density at radius 3 is 2.24 bits per heavy atom. The van der Waals surface area contributed by atoms with Crippen molar-refractivity contribution in [3.8, 4) is 0 Å². The first-order valence-corrected chi connectivity index (χ1v) is 8.77. The molecule has 1 aromatic rings. The van der Waals surface area contributed by atoms with Crippen molar-refractivity contribution >= 4 is 18.0 Å². The lowest BCUT2D eigenvalue weighted by Crippen LogP contribution is -2.42. The number of esters is 1. The lowest BCUT2D eigenvalue weighted by atomic mass is 10.0. The number of amides is 2. The molecule has 10 heteroatoms. The largest absolute Gasteiger partial charge is 0.467 e. The molecule has 7 nitrogen and oxygen atoms in total. The molecule has 0 radical (unpaired) electrons. The second kappa shape index (κ2) is 9.62. The molecule has 29 heavy (non-hydrogen) atoms. The minimum absolute atomic E-state index is 0.0616. The maximum Gasteiger partial charge on any atom is 0.416 e. The number of hydrogen-bond acceptors (Lipinski definition) is 5. The zero-order valence-corrected chi connectivity index (χ0v) is 16.8. The van der Waals surface area contributed by atoms with Gasteiger partial charge in [0.1, 0.15) is 11.6 Å². The molecule has 0 fully saturated rings. The molecule has 0 aliphatic carbocycles. The molecule has 2 amide bonds. The number of carbonyl (C=O) groups is 3. The molecular formula is C19H25F3N2O5. The number of hydrogen-bond donors (Lipinski definition) is 2. The molecule has 0 aliphatic heterocycles. The van der Waals surface area contributed by atoms with Gasteiger partial charge in [0.25, 0.3) is 0 Å². The Labute approximate surface area is 166 Å². The highest BCUT2D eigenvalue weighted by Crippen LogP contribution is 2.31. The van der Waals surface area contributed by atoms with Crippen molar-refractivity contribution in [2.24, 2.45) is 0 Å². The Bertz CT molecular complexity index is 744. The van der Waals surface area contributed by atoms with Crippen LogP contribution in [0.5, 0.6) is 0 Å². The average Bonchev–Trinajstić information content (AvgIpc) is 2.58. The molecule has 1 unspecified atom stereocenters. The molecule has 0 spiro atoms. The Kier molecular flexibility index (Phi) is 8.05. The molecule has 2 N–H and O–H groups in total. The van der Waals surface area contributed by atoms with E-state index in [0.717, 1.165) is 19.2 Å². The molecule has 0 aliphatic rings. The number of alkyl halides is 3. The Hall–Kier alpha value is -2.78. The third kappa shape index (κ3) is 8.41. The monoisotopic (exact) mass is 418 g/mol. The summed E-state index contributed by atoms with van der Waals surface area (Å²) in [5.41, 5.74) is -1.70. The van der Waals surface area contributed by atoms with Crippen LogP contribution in [0.25, 0.3) is 0 Å². The van der Waals surface area contributed by atoms with Crippen LogP contribution in [0.3, 0.4) is 0 Å². The molecule has 0 saturated carbocycles. The number of nitrogens with one attached hydrogen (secondary N) is 2. The van der Waals surface area contributed by atoms with Crippen molar-refractivity contribution in [3.05, 3.63) is 35.4 Å². The van der Waals surface area contributed by atoms with Crippen molar-refractivity contribution in [3.63, 3.8) is 0 Å². The minimum Gasteiger partial charge on any atom is -0.467 e. The first-order chi connectivity index (χ1) is 13.2. The minimum atomic E-state index is -4.59. The number of alkyl carbamates (subject to hydrolysis) is 1. The number of methoxy groups -OCH3 is 1. The lowest BCUT2D eigenvalue weighted by Gasteiger charge is -2.24. The van der Waals surface area contributed by atoms with Crippen molar-refractivity contribution in [1.82, 2.24) is 10.6 Å². The van der Waals surface area contributed by atoms with E-state index in [4.69, 9.17) is 4.74 Å². The van der Waals surface area contributed by atoms with Gasteiger partial charge in [0.05, 0.1) is 25.1 Å². The van der Waals surface area contributed by atoms with Gasteiger partial charge in [-0.25, -0.2) is 9.59 Å². The van der Waals surface area contributed by atoms with Gasteiger partial charge in [-0.15, -0.1) is 0 Å². The van der Waals surface area contributed by atoms with Crippen LogP contribution in [0.1, 0.15) is 51.3 Å². The highest BCUT2D eigenvalue weighted by atomic mass is 19.4. The molecule has 0 bridgehead atoms. The van der Waals surface area contributed by atoms with Gasteiger partial charge in [-0.05, 0) is 45.4 Å². The van der Waals surface area contributed by atoms with Crippen molar-refractivity contribution in [2.75, 3.05) is 7.11 Å². The van der Waals surface area contributed by atoms with E-state index >= 15 is 0 Å². The smallest absolute Gasteiger partial charge is 0.416 e. The average molecular weight is 418 g/mol. The van der Waals surface area contributed by atoms with Crippen molar-refractivity contribution in [1.29, 1.82) is 0 Å². The summed E-state index contributed by atoms with van der Waals surface area (Å²) in [7, 11) is 1.15. The first-order valence-electron chi connectivity index (χ1n) is 8.77. The Morgan fingerprint density at radius 2 is 1.72 bits per heavy atom. The van der Waals surface area contributed by atoms with Crippen LogP contribution < -0.4 is 10.6 Å². The lowest BCUT2D eigenvalue weighted by molar-refractivity contribution is -0.144. The zero-order chi connectivity index (χ0) is 22.4. The number of halogens is 3. The summed E-state index contributed by atoms with van der Waals surface area (Å²) in [6, 6.07) is 2.19. The summed E-state index contributed by atoms with van der Waals surface area (Å²) in [4.78, 5) is 35.8. The van der Waals surface area contributed by atoms with Gasteiger partial charge >= 0.3 is 18.2 Å². The molecule has 2 atom stereocenters. The molecule has 0 heterocycles. The quantitative estimate of drug-likeness (QED) is 0.691. The van der Waals surface area contributed by atoms with Crippen LogP contribution in [0.4, 0.5) is 18.0 Å². The SMILES string of the molecule is COC(=O)[C@H](C)NC(=O)CC(NC(=O)OC(C)(C)C)c1cccc(C(F)(F)F)c1. The topological polar surface area (TPSA) is 93.7 Å². The highest BCUT2D eigenvalue weighted by molar-refractivity contribution is 5.84. The Morgan fingerprint density at radius 1 is 1.10 bits per heavy atom. The van der Waals surface area contributed by atoms with Gasteiger partial charge in [-0.2, -0.15) is 13.2 Å². The molecule has 1 rings (SSSR count). The Balaban J connectivity index is 3.08. The standard InChI is InChI=1S/C19H25F3N2O5/c1-11(16(26)28-5)23-15(25)10-14(24-17(27)29-18(2,3)4)12-7-6-8-13(9-12)19(20,21)22/h6-9,11,14H,10H2,1-5H3,(H,23,25)(H,24,27)/t11-,14?/m0/s1. The number of benzene rings is 1. The predicted molar refractivity (Wildman–Crippen MR) is 97.8 cm³/mol. The first kappa shape index (κ1) is 24.3. The van der Waals surface area contributed by atoms with Gasteiger partial charge in [-0.1, -0.05) is 12.1 Å². The van der Waals surface area contributed by atoms with E-state index in [1.54, 1.807) is 20.8 Å². The van der Waals surface area contributed by atoms with Gasteiger partial charge in [0, 0.05) is 0 Å². The molecular weight excluding hydrogens is 393 g/mol. The number of carbonyl (C=O) groups excluding carboxylic acids is 3. The molecule has 162 valence electrons. The van der Waals surface area contributed by atoms with Crippen LogP contribution in [0, 0.1) is 0 Å². The van der Waals surface area contributed by atoms with E-state index in [2.05, 4.69) is 15.4 Å². The highest BCUT2D eigenvalue weighted by Gasteiger charge is 2.32. The van der Waals surface area contributed by atoms with Gasteiger partial charge < -0.3 is 20.1 Å². The van der Waals surface area contributed by atoms with E-state index in [9.17, 15) is 27.6 Å². The van der Waals surface area contributed by atoms with Crippen molar-refractivity contribution < 1.29 is 37.0 Å². The van der Waals surface area contributed by atoms with Crippen LogP contribution >= 0.6 is 0 Å². The molecule has 0 aromatic heterocycles. The second-order valence-electron chi connectivity index (χ2n) is 7.34. The van der Waals surface area contributed by atoms with Crippen LogP contribution in [-0.4, -0.2) is 36.7 Å². The van der Waals surface area contributed by atoms with E-state index in [0.29, 0.717) is 0 Å². The van der Waals surface area contributed by atoms with Crippen LogP contribution in [-0.2, 0) is 25.2 Å². The maximum absolute atomic E-state index is 13.0. The number of rotatable bonds is 6. The molecule has 0 saturated heterocycles. The fourth-order valence-corrected chi connectivity index (χ4v) is 2.36. The van der Waals surface area contributed by atoms with E-state index in [1.807, 2.05) is 0 Å². The zero-order valence-electron chi connectivity index (χ0n) is 16.8. The van der Waals surface area contributed by atoms with Crippen LogP contribution in [0.2, 0.25) is 0 Å². The summed E-state index contributed by atoms with van der Waals surface area (Å²) >= 11 is 0.